The van der Waals surface area contributed by atoms with Crippen LogP contribution >= 0.6 is 0 Å². The Morgan fingerprint density at radius 1 is 1.57 bits per heavy atom. The summed E-state index contributed by atoms with van der Waals surface area (Å²) in [6.45, 7) is 0.395. The molecule has 0 fully saturated rings. The number of nitrogens with zero attached hydrogens (tertiary/aromatic N) is 2. The molecule has 0 bridgehead atoms. The predicted octanol–water partition coefficient (Wildman–Crippen LogP) is 1.45. The van der Waals surface area contributed by atoms with Crippen molar-refractivity contribution in [1.29, 1.82) is 0 Å². The molecule has 0 N–H and O–H groups in total. The van der Waals surface area contributed by atoms with Gasteiger partial charge in [-0.3, -0.25) is 9.78 Å². The van der Waals surface area contributed by atoms with Crippen molar-refractivity contribution in [2.45, 2.75) is 12.8 Å². The topological polar surface area (TPSA) is 50.0 Å². The number of nitroso groups, excluding NO2 is 1. The Labute approximate surface area is 82.5 Å². The van der Waals surface area contributed by atoms with Crippen LogP contribution in [0.5, 0.6) is 0 Å². The summed E-state index contributed by atoms with van der Waals surface area (Å²) in [6, 6.07) is 3.46. The maximum Gasteiger partial charge on any atom is 0.192 e. The van der Waals surface area contributed by atoms with Crippen LogP contribution in [0.4, 0.5) is 0 Å². The molecule has 1 aromatic rings. The van der Waals surface area contributed by atoms with E-state index in [1.165, 1.54) is 7.05 Å². The quantitative estimate of drug-likeness (QED) is 0.525. The van der Waals surface area contributed by atoms with Gasteiger partial charge in [-0.15, -0.1) is 0 Å². The van der Waals surface area contributed by atoms with Gasteiger partial charge in [0.25, 0.3) is 0 Å². The standard InChI is InChI=1S/C10H13N2O2/c1-12(14)7-3-5-10(13)9-4-2-6-11-8-9/h2,4,6,8H,3,5,7H2,1H3/q+1. The second kappa shape index (κ2) is 5.21. The third kappa shape index (κ3) is 3.43. The van der Waals surface area contributed by atoms with Gasteiger partial charge in [-0.05, 0) is 16.9 Å². The first-order chi connectivity index (χ1) is 6.70. The minimum Gasteiger partial charge on any atom is -0.294 e. The molecule has 0 aliphatic carbocycles. The zero-order valence-electron chi connectivity index (χ0n) is 8.14. The van der Waals surface area contributed by atoms with Gasteiger partial charge in [0.05, 0.1) is 0 Å². The smallest absolute Gasteiger partial charge is 0.192 e. The largest absolute Gasteiger partial charge is 0.294 e. The lowest BCUT2D eigenvalue weighted by Crippen LogP contribution is -2.06. The molecule has 74 valence electrons. The molecule has 0 unspecified atom stereocenters. The fourth-order valence-electron chi connectivity index (χ4n) is 1.13. The summed E-state index contributed by atoms with van der Waals surface area (Å²) in [7, 11) is 1.45. The van der Waals surface area contributed by atoms with Crippen LogP contribution in [0.2, 0.25) is 0 Å². The van der Waals surface area contributed by atoms with E-state index in [9.17, 15) is 9.70 Å². The van der Waals surface area contributed by atoms with Crippen LogP contribution < -0.4 is 0 Å². The fraction of sp³-hybridized carbons (Fsp3) is 0.400. The summed E-state index contributed by atoms with van der Waals surface area (Å²) >= 11 is 0. The highest BCUT2D eigenvalue weighted by Crippen LogP contribution is 2.03. The number of pyridine rings is 1. The van der Waals surface area contributed by atoms with Crippen molar-refractivity contribution in [2.24, 2.45) is 0 Å². The van der Waals surface area contributed by atoms with E-state index in [4.69, 9.17) is 0 Å². The summed E-state index contributed by atoms with van der Waals surface area (Å²) in [5, 5.41) is 0. The Kier molecular flexibility index (Phi) is 3.91. The van der Waals surface area contributed by atoms with Crippen molar-refractivity contribution in [3.8, 4) is 0 Å². The van der Waals surface area contributed by atoms with Crippen molar-refractivity contribution in [3.63, 3.8) is 0 Å². The van der Waals surface area contributed by atoms with E-state index < -0.39 is 0 Å². The zero-order chi connectivity index (χ0) is 10.4. The van der Waals surface area contributed by atoms with Crippen LogP contribution in [0.25, 0.3) is 0 Å². The summed E-state index contributed by atoms with van der Waals surface area (Å²) in [4.78, 5) is 25.9. The average Bonchev–Trinajstić information content (AvgIpc) is 2.18. The number of carbonyl (C=O) groups is 1. The summed E-state index contributed by atoms with van der Waals surface area (Å²) in [5.41, 5.74) is 0.612. The van der Waals surface area contributed by atoms with Crippen LogP contribution in [0.1, 0.15) is 23.2 Å². The molecule has 0 saturated carbocycles. The van der Waals surface area contributed by atoms with E-state index in [1.54, 1.807) is 24.5 Å². The minimum absolute atomic E-state index is 0.0416. The molecule has 0 atom stereocenters. The van der Waals surface area contributed by atoms with Gasteiger partial charge in [0, 0.05) is 35.7 Å². The van der Waals surface area contributed by atoms with Crippen molar-refractivity contribution in [2.75, 3.05) is 13.6 Å². The molecular formula is C10H13N2O2+. The second-order valence-corrected chi connectivity index (χ2v) is 3.12. The highest BCUT2D eigenvalue weighted by Gasteiger charge is 2.07. The molecule has 0 aliphatic rings. The Balaban J connectivity index is 2.40. The average molecular weight is 193 g/mol. The van der Waals surface area contributed by atoms with E-state index in [1.807, 2.05) is 0 Å². The maximum absolute atomic E-state index is 11.5. The molecule has 0 amide bonds. The molecule has 0 aliphatic heterocycles. The van der Waals surface area contributed by atoms with E-state index in [0.717, 1.165) is 4.76 Å². The number of hydrogen-bond donors (Lipinski definition) is 0. The lowest BCUT2D eigenvalue weighted by Gasteiger charge is -1.96. The number of Topliss-reactive ketones (excluding diaryl/α,β-unsaturated/α-hetero) is 1. The lowest BCUT2D eigenvalue weighted by atomic mass is 10.1. The van der Waals surface area contributed by atoms with Gasteiger partial charge in [-0.1, -0.05) is 0 Å². The van der Waals surface area contributed by atoms with Gasteiger partial charge < -0.3 is 0 Å². The predicted molar refractivity (Wildman–Crippen MR) is 52.2 cm³/mol. The summed E-state index contributed by atoms with van der Waals surface area (Å²) in [5.74, 6) is 0.0416. The van der Waals surface area contributed by atoms with E-state index in [2.05, 4.69) is 4.98 Å². The number of hydrogen-bond acceptors (Lipinski definition) is 3. The van der Waals surface area contributed by atoms with E-state index in [0.29, 0.717) is 24.9 Å². The van der Waals surface area contributed by atoms with E-state index in [-0.39, 0.29) is 5.78 Å². The summed E-state index contributed by atoms with van der Waals surface area (Å²) < 4.78 is 0.830. The molecule has 1 heterocycles. The van der Waals surface area contributed by atoms with Gasteiger partial charge in [-0.2, -0.15) is 0 Å². The molecule has 0 saturated heterocycles. The molecular weight excluding hydrogens is 180 g/mol. The van der Waals surface area contributed by atoms with Crippen LogP contribution in [0.3, 0.4) is 0 Å². The number of rotatable bonds is 5. The molecule has 4 heteroatoms. The van der Waals surface area contributed by atoms with Crippen LogP contribution in [0.15, 0.2) is 24.5 Å². The molecule has 0 spiro atoms. The fourth-order valence-corrected chi connectivity index (χ4v) is 1.13. The Hall–Kier alpha value is -1.58. The van der Waals surface area contributed by atoms with Gasteiger partial charge in [-0.25, -0.2) is 0 Å². The Morgan fingerprint density at radius 3 is 2.93 bits per heavy atom. The van der Waals surface area contributed by atoms with Crippen LogP contribution in [-0.4, -0.2) is 29.1 Å². The third-order valence-corrected chi connectivity index (χ3v) is 1.86. The van der Waals surface area contributed by atoms with Crippen molar-refractivity contribution in [1.82, 2.24) is 4.98 Å². The number of ketones is 1. The van der Waals surface area contributed by atoms with Crippen LogP contribution in [-0.2, 0) is 0 Å². The first-order valence-corrected chi connectivity index (χ1v) is 4.51. The van der Waals surface area contributed by atoms with Crippen LogP contribution in [0, 0.1) is 4.91 Å². The first kappa shape index (κ1) is 10.5. The monoisotopic (exact) mass is 193 g/mol. The van der Waals surface area contributed by atoms with E-state index >= 15 is 0 Å². The highest BCUT2D eigenvalue weighted by molar-refractivity contribution is 5.95. The normalized spacial score (nSPS) is 9.79. The molecule has 14 heavy (non-hydrogen) atoms. The van der Waals surface area contributed by atoms with Gasteiger partial charge in [0.2, 0.25) is 0 Å². The van der Waals surface area contributed by atoms with Crippen molar-refractivity contribution >= 4 is 5.78 Å². The summed E-state index contributed by atoms with van der Waals surface area (Å²) in [6.07, 6.45) is 4.16. The highest BCUT2D eigenvalue weighted by atomic mass is 16.3. The van der Waals surface area contributed by atoms with Gasteiger partial charge >= 0.3 is 0 Å². The number of carbonyl (C=O) groups excluding carboxylic acids is 1. The number of aromatic nitrogens is 1. The maximum atomic E-state index is 11.5. The molecule has 1 aromatic heterocycles. The van der Waals surface area contributed by atoms with Crippen molar-refractivity contribution < 1.29 is 9.55 Å². The zero-order valence-corrected chi connectivity index (χ0v) is 8.14. The lowest BCUT2D eigenvalue weighted by molar-refractivity contribution is -0.519. The molecule has 4 nitrogen and oxygen atoms in total. The second-order valence-electron chi connectivity index (χ2n) is 3.12. The van der Waals surface area contributed by atoms with Crippen molar-refractivity contribution in [3.05, 3.63) is 35.0 Å². The third-order valence-electron chi connectivity index (χ3n) is 1.86. The van der Waals surface area contributed by atoms with Gasteiger partial charge in [0.1, 0.15) is 0 Å². The molecule has 0 aromatic carbocycles. The SMILES string of the molecule is C[N+](=O)CCCC(=O)c1cccnc1. The molecule has 0 radical (unpaired) electrons. The Morgan fingerprint density at radius 2 is 2.36 bits per heavy atom. The molecule has 1 rings (SSSR count). The first-order valence-electron chi connectivity index (χ1n) is 4.51. The Bertz CT molecular complexity index is 322. The van der Waals surface area contributed by atoms with Gasteiger partial charge in [0.15, 0.2) is 19.4 Å². The minimum atomic E-state index is 0.0416.